The third-order valence-corrected chi connectivity index (χ3v) is 2.38. The zero-order chi connectivity index (χ0) is 11.5. The molecule has 0 aliphatic rings. The second-order valence-electron chi connectivity index (χ2n) is 3.03. The molecule has 1 aromatic rings. The summed E-state index contributed by atoms with van der Waals surface area (Å²) < 4.78 is 32.5. The van der Waals surface area contributed by atoms with Crippen molar-refractivity contribution in [1.82, 2.24) is 0 Å². The van der Waals surface area contributed by atoms with E-state index in [-0.39, 0.29) is 17.7 Å². The molecule has 4 nitrogen and oxygen atoms in total. The molecule has 1 rings (SSSR count). The molecule has 1 aromatic carbocycles. The van der Waals surface area contributed by atoms with E-state index < -0.39 is 21.8 Å². The highest BCUT2D eigenvalue weighted by atomic mass is 32.3. The normalized spacial score (nSPS) is 11.3. The van der Waals surface area contributed by atoms with Crippen LogP contribution in [0.15, 0.2) is 24.3 Å². The summed E-state index contributed by atoms with van der Waals surface area (Å²) in [6.45, 7) is 0. The molecular formula is C9H9FO4S. The van der Waals surface area contributed by atoms with Gasteiger partial charge in [0.1, 0.15) is 11.5 Å². The summed E-state index contributed by atoms with van der Waals surface area (Å²) in [6, 6.07) is 5.99. The Bertz CT molecular complexity index is 467. The molecule has 0 unspecified atom stereocenters. The lowest BCUT2D eigenvalue weighted by atomic mass is 10.1. The molecule has 0 bridgehead atoms. The third-order valence-electron chi connectivity index (χ3n) is 1.71. The number of benzene rings is 1. The molecule has 0 aliphatic heterocycles. The van der Waals surface area contributed by atoms with E-state index in [9.17, 15) is 22.2 Å². The fraction of sp³-hybridized carbons (Fsp3) is 0.222. The highest BCUT2D eigenvalue weighted by Crippen LogP contribution is 2.16. The first-order chi connectivity index (χ1) is 6.88. The number of halogens is 1. The number of phenolic OH excluding ortho intramolecular Hbond substituents is 1. The van der Waals surface area contributed by atoms with Crippen molar-refractivity contribution in [2.75, 3.05) is 5.75 Å². The van der Waals surface area contributed by atoms with E-state index in [0.717, 1.165) is 0 Å². The van der Waals surface area contributed by atoms with Crippen LogP contribution in [0, 0.1) is 0 Å². The lowest BCUT2D eigenvalue weighted by molar-refractivity contribution is -0.116. The van der Waals surface area contributed by atoms with Gasteiger partial charge in [-0.3, -0.25) is 4.79 Å². The largest absolute Gasteiger partial charge is 0.508 e. The van der Waals surface area contributed by atoms with Crippen molar-refractivity contribution in [2.45, 2.75) is 6.42 Å². The second kappa shape index (κ2) is 4.39. The number of carbonyl (C=O) groups excluding carboxylic acids is 1. The van der Waals surface area contributed by atoms with E-state index in [1.807, 2.05) is 0 Å². The molecule has 6 heteroatoms. The molecule has 0 saturated carbocycles. The number of carbonyl (C=O) groups is 1. The molecule has 0 heterocycles. The summed E-state index contributed by atoms with van der Waals surface area (Å²) >= 11 is 0. The van der Waals surface area contributed by atoms with Crippen LogP contribution in [0.5, 0.6) is 5.75 Å². The first kappa shape index (κ1) is 11.6. The monoisotopic (exact) mass is 232 g/mol. The van der Waals surface area contributed by atoms with Crippen LogP contribution in [0.1, 0.15) is 5.56 Å². The van der Waals surface area contributed by atoms with E-state index in [0.29, 0.717) is 0 Å². The Kier molecular flexibility index (Phi) is 3.41. The molecule has 0 aliphatic carbocycles. The molecule has 0 radical (unpaired) electrons. The minimum absolute atomic E-state index is 0.109. The predicted molar refractivity (Wildman–Crippen MR) is 51.7 cm³/mol. The SMILES string of the molecule is O=C(Cc1ccccc1O)CS(=O)(=O)F. The van der Waals surface area contributed by atoms with E-state index >= 15 is 0 Å². The maximum atomic E-state index is 12.1. The lowest BCUT2D eigenvalue weighted by Crippen LogP contribution is -2.14. The minimum atomic E-state index is -4.79. The van der Waals surface area contributed by atoms with Gasteiger partial charge in [0.2, 0.25) is 0 Å². The van der Waals surface area contributed by atoms with Crippen LogP contribution >= 0.6 is 0 Å². The molecule has 0 aromatic heterocycles. The number of hydrogen-bond acceptors (Lipinski definition) is 4. The number of rotatable bonds is 4. The molecule has 15 heavy (non-hydrogen) atoms. The molecular weight excluding hydrogens is 223 g/mol. The highest BCUT2D eigenvalue weighted by Gasteiger charge is 2.16. The summed E-state index contributed by atoms with van der Waals surface area (Å²) in [5.74, 6) is -2.05. The van der Waals surface area contributed by atoms with Crippen molar-refractivity contribution in [1.29, 1.82) is 0 Å². The molecule has 0 fully saturated rings. The standard InChI is InChI=1S/C9H9FO4S/c10-15(13,14)6-8(11)5-7-3-1-2-4-9(7)12/h1-4,12H,5-6H2. The van der Waals surface area contributed by atoms with Crippen molar-refractivity contribution < 1.29 is 22.2 Å². The first-order valence-corrected chi connectivity index (χ1v) is 5.64. The summed E-state index contributed by atoms with van der Waals surface area (Å²) in [7, 11) is -4.79. The van der Waals surface area contributed by atoms with Crippen LogP contribution in [-0.4, -0.2) is 25.1 Å². The van der Waals surface area contributed by atoms with Crippen molar-refractivity contribution in [3.8, 4) is 5.75 Å². The Hall–Kier alpha value is -1.43. The van der Waals surface area contributed by atoms with Gasteiger partial charge in [0, 0.05) is 12.0 Å². The van der Waals surface area contributed by atoms with E-state index in [4.69, 9.17) is 0 Å². The second-order valence-corrected chi connectivity index (χ2v) is 4.39. The average molecular weight is 232 g/mol. The Morgan fingerprint density at radius 2 is 1.93 bits per heavy atom. The predicted octanol–water partition coefficient (Wildman–Crippen LogP) is 0.803. The Morgan fingerprint density at radius 1 is 1.33 bits per heavy atom. The van der Waals surface area contributed by atoms with Gasteiger partial charge in [-0.2, -0.15) is 8.42 Å². The van der Waals surface area contributed by atoms with Gasteiger partial charge in [-0.15, -0.1) is 3.89 Å². The van der Waals surface area contributed by atoms with Crippen LogP contribution in [0.2, 0.25) is 0 Å². The molecule has 0 atom stereocenters. The molecule has 1 N–H and O–H groups in total. The first-order valence-electron chi connectivity index (χ1n) is 4.09. The number of aromatic hydroxyl groups is 1. The summed E-state index contributed by atoms with van der Waals surface area (Å²) in [5.41, 5.74) is 0.283. The van der Waals surface area contributed by atoms with Crippen LogP contribution in [0.4, 0.5) is 3.89 Å². The fourth-order valence-electron chi connectivity index (χ4n) is 1.12. The van der Waals surface area contributed by atoms with Gasteiger partial charge < -0.3 is 5.11 Å². The van der Waals surface area contributed by atoms with E-state index in [1.165, 1.54) is 12.1 Å². The van der Waals surface area contributed by atoms with Crippen molar-refractivity contribution >= 4 is 16.0 Å². The average Bonchev–Trinajstić information content (AvgIpc) is 2.05. The smallest absolute Gasteiger partial charge is 0.309 e. The molecule has 0 spiro atoms. The van der Waals surface area contributed by atoms with E-state index in [1.54, 1.807) is 12.1 Å². The number of Topliss-reactive ketones (excluding diaryl/α,β-unsaturated/α-hetero) is 1. The number of ketones is 1. The van der Waals surface area contributed by atoms with E-state index in [2.05, 4.69) is 0 Å². The van der Waals surface area contributed by atoms with Gasteiger partial charge >= 0.3 is 10.2 Å². The van der Waals surface area contributed by atoms with Crippen molar-refractivity contribution in [2.24, 2.45) is 0 Å². The zero-order valence-electron chi connectivity index (χ0n) is 7.68. The summed E-state index contributed by atoms with van der Waals surface area (Å²) in [6.07, 6.45) is -0.296. The highest BCUT2D eigenvalue weighted by molar-refractivity contribution is 7.87. The minimum Gasteiger partial charge on any atom is -0.508 e. The molecule has 0 saturated heterocycles. The van der Waals surface area contributed by atoms with Gasteiger partial charge in [-0.25, -0.2) is 0 Å². The number of hydrogen-bond donors (Lipinski definition) is 1. The van der Waals surface area contributed by atoms with Gasteiger partial charge in [0.25, 0.3) is 0 Å². The van der Waals surface area contributed by atoms with Gasteiger partial charge in [-0.1, -0.05) is 18.2 Å². The van der Waals surface area contributed by atoms with Crippen LogP contribution in [0.3, 0.4) is 0 Å². The van der Waals surface area contributed by atoms with Crippen LogP contribution in [-0.2, 0) is 21.4 Å². The Morgan fingerprint density at radius 3 is 2.47 bits per heavy atom. The van der Waals surface area contributed by atoms with Crippen molar-refractivity contribution in [3.63, 3.8) is 0 Å². The third kappa shape index (κ3) is 4.07. The lowest BCUT2D eigenvalue weighted by Gasteiger charge is -2.01. The summed E-state index contributed by atoms with van der Waals surface area (Å²) in [4.78, 5) is 11.1. The topological polar surface area (TPSA) is 71.4 Å². The van der Waals surface area contributed by atoms with Crippen LogP contribution < -0.4 is 0 Å². The Labute approximate surface area is 86.6 Å². The Balaban J connectivity index is 2.72. The molecule has 0 amide bonds. The maximum absolute atomic E-state index is 12.1. The van der Waals surface area contributed by atoms with Crippen molar-refractivity contribution in [3.05, 3.63) is 29.8 Å². The number of phenols is 1. The van der Waals surface area contributed by atoms with Gasteiger partial charge in [0.15, 0.2) is 5.78 Å². The summed E-state index contributed by atoms with van der Waals surface area (Å²) in [5, 5.41) is 9.26. The molecule has 82 valence electrons. The maximum Gasteiger partial charge on any atom is 0.309 e. The fourth-order valence-corrected chi connectivity index (χ4v) is 1.60. The van der Waals surface area contributed by atoms with Gasteiger partial charge in [-0.05, 0) is 6.07 Å². The number of para-hydroxylation sites is 1. The quantitative estimate of drug-likeness (QED) is 0.779. The van der Waals surface area contributed by atoms with Gasteiger partial charge in [0.05, 0.1) is 0 Å². The van der Waals surface area contributed by atoms with Crippen LogP contribution in [0.25, 0.3) is 0 Å². The zero-order valence-corrected chi connectivity index (χ0v) is 8.50.